The first kappa shape index (κ1) is 27.3. The third kappa shape index (κ3) is 6.26. The summed E-state index contributed by atoms with van der Waals surface area (Å²) in [4.78, 5) is 27.4. The van der Waals surface area contributed by atoms with Gasteiger partial charge in [-0.25, -0.2) is 4.68 Å². The lowest BCUT2D eigenvalue weighted by molar-refractivity contribution is -0.137. The number of hydrogen-bond acceptors (Lipinski definition) is 3. The number of rotatable bonds is 6. The summed E-state index contributed by atoms with van der Waals surface area (Å²) in [7, 11) is 0. The predicted molar refractivity (Wildman–Crippen MR) is 134 cm³/mol. The third-order valence-corrected chi connectivity index (χ3v) is 5.80. The first-order valence-corrected chi connectivity index (χ1v) is 11.7. The molecule has 6 nitrogen and oxygen atoms in total. The first-order chi connectivity index (χ1) is 16.7. The lowest BCUT2D eigenvalue weighted by Crippen LogP contribution is -2.42. The van der Waals surface area contributed by atoms with Crippen molar-refractivity contribution in [3.63, 3.8) is 0 Å². The maximum absolute atomic E-state index is 13.0. The second kappa shape index (κ2) is 10.3. The molecule has 0 saturated carbocycles. The summed E-state index contributed by atoms with van der Waals surface area (Å²) in [6.07, 6.45) is -4.50. The number of carbonyl (C=O) groups is 2. The minimum absolute atomic E-state index is 0.0561. The molecule has 0 saturated heterocycles. The van der Waals surface area contributed by atoms with Gasteiger partial charge in [0.2, 0.25) is 5.91 Å². The van der Waals surface area contributed by atoms with Gasteiger partial charge in [0, 0.05) is 23.1 Å². The number of aromatic nitrogens is 2. The number of anilines is 1. The van der Waals surface area contributed by atoms with E-state index >= 15 is 0 Å². The van der Waals surface area contributed by atoms with Crippen LogP contribution >= 0.6 is 11.6 Å². The zero-order valence-corrected chi connectivity index (χ0v) is 21.4. The molecule has 0 bridgehead atoms. The van der Waals surface area contributed by atoms with Gasteiger partial charge in [0.1, 0.15) is 12.4 Å². The molecule has 10 heteroatoms. The number of benzene rings is 2. The minimum Gasteiger partial charge on any atom is -0.327 e. The molecule has 0 spiro atoms. The van der Waals surface area contributed by atoms with Crippen molar-refractivity contribution >= 4 is 29.2 Å². The SMILES string of the molecule is CC(C)N(CC(=O)Nc1cc(C(C)(C)C)nn1-c1ccccc1Cl)C(=O)c1ccc(C(F)(F)F)cc1. The summed E-state index contributed by atoms with van der Waals surface area (Å²) in [5.41, 5.74) is 0.191. The largest absolute Gasteiger partial charge is 0.416 e. The Morgan fingerprint density at radius 1 is 1.06 bits per heavy atom. The van der Waals surface area contributed by atoms with Gasteiger partial charge < -0.3 is 10.2 Å². The van der Waals surface area contributed by atoms with Crippen LogP contribution in [0.5, 0.6) is 0 Å². The summed E-state index contributed by atoms with van der Waals surface area (Å²) >= 11 is 6.37. The van der Waals surface area contributed by atoms with Crippen molar-refractivity contribution in [3.05, 3.63) is 76.4 Å². The standard InChI is InChI=1S/C26H28ClF3N4O2/c1-16(2)33(24(36)17-10-12-18(13-11-17)26(28,29)30)15-23(35)31-22-14-21(25(3,4)5)32-34(22)20-9-7-6-8-19(20)27/h6-14,16H,15H2,1-5H3,(H,31,35). The number of para-hydroxylation sites is 1. The van der Waals surface area contributed by atoms with E-state index in [0.29, 0.717) is 16.5 Å². The highest BCUT2D eigenvalue weighted by Gasteiger charge is 2.31. The molecule has 0 unspecified atom stereocenters. The molecule has 2 amide bonds. The van der Waals surface area contributed by atoms with Crippen LogP contribution < -0.4 is 5.32 Å². The summed E-state index contributed by atoms with van der Waals surface area (Å²) in [6.45, 7) is 9.10. The van der Waals surface area contributed by atoms with Crippen molar-refractivity contribution in [2.45, 2.75) is 52.3 Å². The quantitative estimate of drug-likeness (QED) is 0.413. The number of amides is 2. The average molecular weight is 521 g/mol. The van der Waals surface area contributed by atoms with Crippen LogP contribution in [0.3, 0.4) is 0 Å². The van der Waals surface area contributed by atoms with Crippen molar-refractivity contribution in [3.8, 4) is 5.69 Å². The summed E-state index contributed by atoms with van der Waals surface area (Å²) in [5, 5.41) is 7.89. The number of carbonyl (C=O) groups excluding carboxylic acids is 2. The predicted octanol–water partition coefficient (Wildman–Crippen LogP) is 6.33. The molecule has 0 radical (unpaired) electrons. The van der Waals surface area contributed by atoms with Crippen molar-refractivity contribution in [1.82, 2.24) is 14.7 Å². The van der Waals surface area contributed by atoms with Crippen LogP contribution in [0.15, 0.2) is 54.6 Å². The lowest BCUT2D eigenvalue weighted by Gasteiger charge is -2.26. The number of nitrogens with zero attached hydrogens (tertiary/aromatic N) is 3. The minimum atomic E-state index is -4.50. The Bertz CT molecular complexity index is 1250. The number of alkyl halides is 3. The van der Waals surface area contributed by atoms with Crippen LogP contribution in [0.2, 0.25) is 5.02 Å². The Balaban J connectivity index is 1.86. The van der Waals surface area contributed by atoms with Crippen LogP contribution in [0.1, 0.15) is 56.2 Å². The molecule has 1 heterocycles. The third-order valence-electron chi connectivity index (χ3n) is 5.48. The molecule has 0 aliphatic heterocycles. The van der Waals surface area contributed by atoms with Crippen molar-refractivity contribution in [1.29, 1.82) is 0 Å². The van der Waals surface area contributed by atoms with Crippen LogP contribution in [-0.4, -0.2) is 39.1 Å². The number of nitrogens with one attached hydrogen (secondary N) is 1. The maximum Gasteiger partial charge on any atom is 0.416 e. The fourth-order valence-corrected chi connectivity index (χ4v) is 3.65. The lowest BCUT2D eigenvalue weighted by atomic mass is 9.92. The Labute approximate surface area is 213 Å². The van der Waals surface area contributed by atoms with Gasteiger partial charge in [-0.3, -0.25) is 9.59 Å². The van der Waals surface area contributed by atoms with E-state index in [1.54, 1.807) is 44.2 Å². The van der Waals surface area contributed by atoms with Crippen LogP contribution in [0, 0.1) is 0 Å². The molecular weight excluding hydrogens is 493 g/mol. The molecule has 0 aliphatic rings. The van der Waals surface area contributed by atoms with E-state index < -0.39 is 23.6 Å². The molecule has 0 fully saturated rings. The van der Waals surface area contributed by atoms with E-state index in [1.165, 1.54) is 9.58 Å². The Morgan fingerprint density at radius 2 is 1.67 bits per heavy atom. The number of halogens is 4. The molecule has 1 aromatic heterocycles. The van der Waals surface area contributed by atoms with Gasteiger partial charge in [-0.2, -0.15) is 18.3 Å². The van der Waals surface area contributed by atoms with E-state index in [-0.39, 0.29) is 23.6 Å². The Kier molecular flexibility index (Phi) is 7.83. The average Bonchev–Trinajstić information content (AvgIpc) is 3.20. The van der Waals surface area contributed by atoms with Crippen LogP contribution in [0.4, 0.5) is 19.0 Å². The highest BCUT2D eigenvalue weighted by atomic mass is 35.5. The molecule has 192 valence electrons. The van der Waals surface area contributed by atoms with Crippen LogP contribution in [0.25, 0.3) is 5.69 Å². The zero-order valence-electron chi connectivity index (χ0n) is 20.7. The van der Waals surface area contributed by atoms with E-state index in [9.17, 15) is 22.8 Å². The summed E-state index contributed by atoms with van der Waals surface area (Å²) in [5.74, 6) is -0.662. The van der Waals surface area contributed by atoms with E-state index in [4.69, 9.17) is 11.6 Å². The normalized spacial score (nSPS) is 12.1. The van der Waals surface area contributed by atoms with E-state index in [0.717, 1.165) is 30.0 Å². The smallest absolute Gasteiger partial charge is 0.327 e. The molecule has 1 N–H and O–H groups in total. The second-order valence-corrected chi connectivity index (χ2v) is 10.1. The van der Waals surface area contributed by atoms with Gasteiger partial charge in [-0.15, -0.1) is 0 Å². The fourth-order valence-electron chi connectivity index (χ4n) is 3.44. The van der Waals surface area contributed by atoms with Gasteiger partial charge in [0.15, 0.2) is 0 Å². The maximum atomic E-state index is 13.0. The topological polar surface area (TPSA) is 67.2 Å². The summed E-state index contributed by atoms with van der Waals surface area (Å²) < 4.78 is 40.2. The second-order valence-electron chi connectivity index (χ2n) is 9.68. The van der Waals surface area contributed by atoms with Gasteiger partial charge in [-0.05, 0) is 50.2 Å². The Morgan fingerprint density at radius 3 is 2.19 bits per heavy atom. The fraction of sp³-hybridized carbons (Fsp3) is 0.346. The van der Waals surface area contributed by atoms with Crippen molar-refractivity contribution < 1.29 is 22.8 Å². The highest BCUT2D eigenvalue weighted by Crippen LogP contribution is 2.30. The van der Waals surface area contributed by atoms with Crippen molar-refractivity contribution in [2.75, 3.05) is 11.9 Å². The van der Waals surface area contributed by atoms with Gasteiger partial charge in [0.05, 0.1) is 22.0 Å². The molecule has 0 aliphatic carbocycles. The van der Waals surface area contributed by atoms with Gasteiger partial charge in [-0.1, -0.05) is 44.5 Å². The molecular formula is C26H28ClF3N4O2. The zero-order chi connectivity index (χ0) is 26.8. The van der Waals surface area contributed by atoms with Crippen LogP contribution in [-0.2, 0) is 16.4 Å². The molecule has 3 rings (SSSR count). The highest BCUT2D eigenvalue weighted by molar-refractivity contribution is 6.32. The molecule has 3 aromatic rings. The molecule has 2 aromatic carbocycles. The van der Waals surface area contributed by atoms with E-state index in [2.05, 4.69) is 10.4 Å². The van der Waals surface area contributed by atoms with Crippen molar-refractivity contribution in [2.24, 2.45) is 0 Å². The molecule has 36 heavy (non-hydrogen) atoms. The first-order valence-electron chi connectivity index (χ1n) is 11.3. The molecule has 0 atom stereocenters. The Hall–Kier alpha value is -3.33. The number of hydrogen-bond donors (Lipinski definition) is 1. The summed E-state index contributed by atoms with van der Waals surface area (Å²) in [6, 6.07) is 12.4. The monoisotopic (exact) mass is 520 g/mol. The van der Waals surface area contributed by atoms with Gasteiger partial charge in [0.25, 0.3) is 5.91 Å². The van der Waals surface area contributed by atoms with Gasteiger partial charge >= 0.3 is 6.18 Å². The van der Waals surface area contributed by atoms with E-state index in [1.807, 2.05) is 20.8 Å².